The Morgan fingerprint density at radius 1 is 1.19 bits per heavy atom. The van der Waals surface area contributed by atoms with E-state index in [1.165, 1.54) is 32.1 Å². The molecule has 1 aromatic heterocycles. The van der Waals surface area contributed by atoms with Crippen LogP contribution in [0.1, 0.15) is 58.1 Å². The number of hydrogen-bond acceptors (Lipinski definition) is 4. The Balaban J connectivity index is 1.92. The lowest BCUT2D eigenvalue weighted by molar-refractivity contribution is 0.312. The highest BCUT2D eigenvalue weighted by atomic mass is 15.2. The van der Waals surface area contributed by atoms with E-state index in [2.05, 4.69) is 36.1 Å². The van der Waals surface area contributed by atoms with Crippen molar-refractivity contribution in [2.24, 2.45) is 5.92 Å². The molecule has 21 heavy (non-hydrogen) atoms. The highest BCUT2D eigenvalue weighted by molar-refractivity contribution is 5.36. The monoisotopic (exact) mass is 290 g/mol. The minimum absolute atomic E-state index is 0.626. The molecule has 1 aliphatic rings. The molecule has 0 aromatic carbocycles. The molecule has 0 unspecified atom stereocenters. The van der Waals surface area contributed by atoms with Crippen molar-refractivity contribution in [1.82, 2.24) is 15.3 Å². The van der Waals surface area contributed by atoms with Crippen LogP contribution in [-0.4, -0.2) is 29.6 Å². The second-order valence-electron chi connectivity index (χ2n) is 6.24. The van der Waals surface area contributed by atoms with Crippen molar-refractivity contribution in [1.29, 1.82) is 0 Å². The zero-order valence-electron chi connectivity index (χ0n) is 13.8. The molecule has 0 bridgehead atoms. The minimum atomic E-state index is 0.626. The van der Waals surface area contributed by atoms with Crippen molar-refractivity contribution in [3.63, 3.8) is 0 Å². The third-order valence-electron chi connectivity index (χ3n) is 4.71. The van der Waals surface area contributed by atoms with Crippen molar-refractivity contribution in [2.75, 3.05) is 18.5 Å². The Labute approximate surface area is 129 Å². The fourth-order valence-electron chi connectivity index (χ4n) is 3.17. The molecule has 0 amide bonds. The molecular formula is C17H30N4. The van der Waals surface area contributed by atoms with Crippen LogP contribution in [0.25, 0.3) is 0 Å². The smallest absolute Gasteiger partial charge is 0.147 e. The first-order chi connectivity index (χ1) is 10.2. The van der Waals surface area contributed by atoms with Crippen LogP contribution < -0.4 is 10.2 Å². The SMILES string of the molecule is CCCNCc1cncc(N(C)C2CCC(CC)CC2)n1. The lowest BCUT2D eigenvalue weighted by Crippen LogP contribution is -2.36. The number of aromatic nitrogens is 2. The van der Waals surface area contributed by atoms with E-state index >= 15 is 0 Å². The molecular weight excluding hydrogens is 260 g/mol. The van der Waals surface area contributed by atoms with Crippen LogP contribution in [0.4, 0.5) is 5.82 Å². The molecule has 0 radical (unpaired) electrons. The second kappa shape index (κ2) is 8.32. The maximum absolute atomic E-state index is 4.76. The zero-order chi connectivity index (χ0) is 15.1. The van der Waals surface area contributed by atoms with E-state index < -0.39 is 0 Å². The van der Waals surface area contributed by atoms with Crippen molar-refractivity contribution >= 4 is 5.82 Å². The molecule has 1 heterocycles. The molecule has 4 nitrogen and oxygen atoms in total. The van der Waals surface area contributed by atoms with Gasteiger partial charge in [-0.2, -0.15) is 0 Å². The fraction of sp³-hybridized carbons (Fsp3) is 0.765. The number of hydrogen-bond donors (Lipinski definition) is 1. The standard InChI is InChI=1S/C17H30N4/c1-4-10-18-11-15-12-19-13-17(20-15)21(3)16-8-6-14(5-2)7-9-16/h12-14,16,18H,4-11H2,1-3H3. The van der Waals surface area contributed by atoms with E-state index in [9.17, 15) is 0 Å². The Morgan fingerprint density at radius 3 is 2.62 bits per heavy atom. The van der Waals surface area contributed by atoms with Crippen molar-refractivity contribution in [3.8, 4) is 0 Å². The van der Waals surface area contributed by atoms with Crippen LogP contribution in [0.15, 0.2) is 12.4 Å². The summed E-state index contributed by atoms with van der Waals surface area (Å²) in [6.45, 7) is 6.33. The van der Waals surface area contributed by atoms with Crippen LogP contribution >= 0.6 is 0 Å². The van der Waals surface area contributed by atoms with E-state index in [4.69, 9.17) is 4.98 Å². The Kier molecular flexibility index (Phi) is 6.43. The van der Waals surface area contributed by atoms with Gasteiger partial charge in [0.25, 0.3) is 0 Å². The van der Waals surface area contributed by atoms with Crippen LogP contribution in [-0.2, 0) is 6.54 Å². The normalized spacial score (nSPS) is 22.2. The van der Waals surface area contributed by atoms with Gasteiger partial charge in [-0.1, -0.05) is 20.3 Å². The molecule has 0 atom stereocenters. The average molecular weight is 290 g/mol. The van der Waals surface area contributed by atoms with Gasteiger partial charge in [-0.15, -0.1) is 0 Å². The summed E-state index contributed by atoms with van der Waals surface area (Å²) >= 11 is 0. The summed E-state index contributed by atoms with van der Waals surface area (Å²) in [5, 5.41) is 3.39. The zero-order valence-corrected chi connectivity index (χ0v) is 13.8. The quantitative estimate of drug-likeness (QED) is 0.782. The van der Waals surface area contributed by atoms with Crippen molar-refractivity contribution in [3.05, 3.63) is 18.1 Å². The molecule has 0 saturated heterocycles. The highest BCUT2D eigenvalue weighted by Crippen LogP contribution is 2.30. The number of rotatable bonds is 7. The molecule has 0 spiro atoms. The average Bonchev–Trinajstić information content (AvgIpc) is 2.55. The molecule has 1 fully saturated rings. The van der Waals surface area contributed by atoms with Crippen molar-refractivity contribution < 1.29 is 0 Å². The van der Waals surface area contributed by atoms with E-state index in [0.717, 1.165) is 36.9 Å². The number of anilines is 1. The van der Waals surface area contributed by atoms with Gasteiger partial charge in [0, 0.05) is 25.8 Å². The van der Waals surface area contributed by atoms with Gasteiger partial charge in [0.05, 0.1) is 11.9 Å². The van der Waals surface area contributed by atoms with Gasteiger partial charge in [0.2, 0.25) is 0 Å². The van der Waals surface area contributed by atoms with Crippen LogP contribution in [0.5, 0.6) is 0 Å². The fourth-order valence-corrected chi connectivity index (χ4v) is 3.17. The lowest BCUT2D eigenvalue weighted by atomic mass is 9.84. The first-order valence-electron chi connectivity index (χ1n) is 8.49. The van der Waals surface area contributed by atoms with Gasteiger partial charge in [-0.05, 0) is 44.6 Å². The topological polar surface area (TPSA) is 41.1 Å². The first kappa shape index (κ1) is 16.2. The van der Waals surface area contributed by atoms with Gasteiger partial charge in [-0.3, -0.25) is 4.98 Å². The lowest BCUT2D eigenvalue weighted by Gasteiger charge is -2.35. The van der Waals surface area contributed by atoms with Crippen molar-refractivity contribution in [2.45, 2.75) is 65.0 Å². The van der Waals surface area contributed by atoms with Gasteiger partial charge in [0.15, 0.2) is 0 Å². The van der Waals surface area contributed by atoms with Gasteiger partial charge in [0.1, 0.15) is 5.82 Å². The van der Waals surface area contributed by atoms with E-state index in [1.807, 2.05) is 12.4 Å². The summed E-state index contributed by atoms with van der Waals surface area (Å²) in [4.78, 5) is 11.5. The summed E-state index contributed by atoms with van der Waals surface area (Å²) in [6, 6.07) is 0.626. The Bertz CT molecular complexity index is 413. The number of nitrogens with zero attached hydrogens (tertiary/aromatic N) is 3. The second-order valence-corrected chi connectivity index (χ2v) is 6.24. The van der Waals surface area contributed by atoms with E-state index in [1.54, 1.807) is 0 Å². The molecule has 1 N–H and O–H groups in total. The van der Waals surface area contributed by atoms with Gasteiger partial charge >= 0.3 is 0 Å². The van der Waals surface area contributed by atoms with E-state index in [0.29, 0.717) is 6.04 Å². The number of nitrogens with one attached hydrogen (secondary N) is 1. The largest absolute Gasteiger partial charge is 0.355 e. The van der Waals surface area contributed by atoms with Crippen LogP contribution in [0.2, 0.25) is 0 Å². The minimum Gasteiger partial charge on any atom is -0.355 e. The molecule has 2 rings (SSSR count). The van der Waals surface area contributed by atoms with Crippen LogP contribution in [0, 0.1) is 5.92 Å². The first-order valence-corrected chi connectivity index (χ1v) is 8.49. The molecule has 1 saturated carbocycles. The third kappa shape index (κ3) is 4.67. The van der Waals surface area contributed by atoms with E-state index in [-0.39, 0.29) is 0 Å². The molecule has 1 aliphatic carbocycles. The molecule has 0 aliphatic heterocycles. The predicted octanol–water partition coefficient (Wildman–Crippen LogP) is 3.38. The summed E-state index contributed by atoms with van der Waals surface area (Å²) in [7, 11) is 2.17. The Morgan fingerprint density at radius 2 is 1.95 bits per heavy atom. The summed E-state index contributed by atoms with van der Waals surface area (Å²) in [5.41, 5.74) is 1.04. The summed E-state index contributed by atoms with van der Waals surface area (Å²) in [6.07, 6.45) is 11.5. The summed E-state index contributed by atoms with van der Waals surface area (Å²) in [5.74, 6) is 1.95. The maximum atomic E-state index is 4.76. The van der Waals surface area contributed by atoms with Gasteiger partial charge in [-0.25, -0.2) is 4.98 Å². The highest BCUT2D eigenvalue weighted by Gasteiger charge is 2.24. The predicted molar refractivity (Wildman–Crippen MR) is 88.5 cm³/mol. The van der Waals surface area contributed by atoms with Crippen LogP contribution in [0.3, 0.4) is 0 Å². The van der Waals surface area contributed by atoms with Gasteiger partial charge < -0.3 is 10.2 Å². The summed E-state index contributed by atoms with van der Waals surface area (Å²) < 4.78 is 0. The third-order valence-corrected chi connectivity index (χ3v) is 4.71. The maximum Gasteiger partial charge on any atom is 0.147 e. The molecule has 118 valence electrons. The molecule has 1 aromatic rings. The Hall–Kier alpha value is -1.16. The molecule has 4 heteroatoms.